The van der Waals surface area contributed by atoms with Crippen LogP contribution in [0, 0.1) is 0 Å². The molecule has 8 heteroatoms. The van der Waals surface area contributed by atoms with Gasteiger partial charge in [0.1, 0.15) is 24.2 Å². The number of nitrogens with two attached hydrogens (primary N) is 1. The molecule has 2 unspecified atom stereocenters. The van der Waals surface area contributed by atoms with Crippen molar-refractivity contribution in [3.8, 4) is 0 Å². The molecule has 7 nitrogen and oxygen atoms in total. The average Bonchev–Trinajstić information content (AvgIpc) is 3.22. The van der Waals surface area contributed by atoms with Crippen LogP contribution in [0.3, 0.4) is 0 Å². The number of fused-ring (bicyclic) bond motifs is 1. The maximum atomic E-state index is 12.8. The largest absolute Gasteiger partial charge is 0.494 e. The predicted molar refractivity (Wildman–Crippen MR) is 130 cm³/mol. The molecule has 1 aliphatic heterocycles. The third kappa shape index (κ3) is 5.38. The summed E-state index contributed by atoms with van der Waals surface area (Å²) >= 11 is 1.47. The van der Waals surface area contributed by atoms with Crippen LogP contribution in [-0.2, 0) is 16.1 Å². The van der Waals surface area contributed by atoms with Gasteiger partial charge in [-0.15, -0.1) is 0 Å². The first-order valence-electron chi connectivity index (χ1n) is 10.5. The standard InChI is InChI=1S/C24H27N5O2S/c1-29(2)10-11-31-19-12-18(17-8-9-26-21(25)14-17)13-20-22(19)28-24(32-20)23(30)27-15-16-6-4-3-5-7-16/h3-9,12-14,20,22H,10-11,15H2,1-2H3,(H2,25,26)(H,27,30). The first-order chi connectivity index (χ1) is 15.5. The van der Waals surface area contributed by atoms with Gasteiger partial charge >= 0.3 is 0 Å². The Morgan fingerprint density at radius 3 is 2.81 bits per heavy atom. The molecule has 4 rings (SSSR count). The Kier molecular flexibility index (Phi) is 6.92. The topological polar surface area (TPSA) is 92.8 Å². The summed E-state index contributed by atoms with van der Waals surface area (Å²) < 4.78 is 6.13. The zero-order valence-electron chi connectivity index (χ0n) is 18.2. The molecule has 2 heterocycles. The van der Waals surface area contributed by atoms with Crippen LogP contribution in [-0.4, -0.2) is 59.4 Å². The number of nitrogens with one attached hydrogen (secondary N) is 1. The van der Waals surface area contributed by atoms with E-state index < -0.39 is 0 Å². The van der Waals surface area contributed by atoms with E-state index in [0.717, 1.165) is 29.0 Å². The van der Waals surface area contributed by atoms with Gasteiger partial charge in [0.05, 0.1) is 5.25 Å². The molecule has 0 spiro atoms. The molecule has 1 aromatic heterocycles. The van der Waals surface area contributed by atoms with Gasteiger partial charge in [-0.1, -0.05) is 48.2 Å². The van der Waals surface area contributed by atoms with Gasteiger partial charge in [-0.3, -0.25) is 9.79 Å². The lowest BCUT2D eigenvalue weighted by atomic mass is 9.96. The number of nitrogens with zero attached hydrogens (tertiary/aromatic N) is 3. The van der Waals surface area contributed by atoms with Crippen molar-refractivity contribution in [2.45, 2.75) is 17.8 Å². The normalized spacial score (nSPS) is 19.7. The van der Waals surface area contributed by atoms with Gasteiger partial charge in [0.2, 0.25) is 0 Å². The monoisotopic (exact) mass is 449 g/mol. The molecule has 0 fully saturated rings. The molecule has 1 aromatic carbocycles. The third-order valence-corrected chi connectivity index (χ3v) is 6.34. The van der Waals surface area contributed by atoms with Crippen molar-refractivity contribution < 1.29 is 9.53 Å². The number of aromatic nitrogens is 1. The van der Waals surface area contributed by atoms with Gasteiger partial charge in [0.15, 0.2) is 5.04 Å². The zero-order chi connectivity index (χ0) is 22.5. The van der Waals surface area contributed by atoms with Crippen molar-refractivity contribution >= 4 is 34.1 Å². The van der Waals surface area contributed by atoms with Crippen molar-refractivity contribution in [3.63, 3.8) is 0 Å². The smallest absolute Gasteiger partial charge is 0.276 e. The van der Waals surface area contributed by atoms with Gasteiger partial charge in [0.25, 0.3) is 5.91 Å². The van der Waals surface area contributed by atoms with E-state index in [0.29, 0.717) is 24.0 Å². The fourth-order valence-electron chi connectivity index (χ4n) is 3.48. The highest BCUT2D eigenvalue weighted by molar-refractivity contribution is 8.16. The Morgan fingerprint density at radius 2 is 2.06 bits per heavy atom. The van der Waals surface area contributed by atoms with Crippen LogP contribution in [0.15, 0.2) is 71.6 Å². The molecule has 32 heavy (non-hydrogen) atoms. The molecule has 0 saturated carbocycles. The van der Waals surface area contributed by atoms with Gasteiger partial charge in [-0.05, 0) is 49.0 Å². The molecule has 2 atom stereocenters. The lowest BCUT2D eigenvalue weighted by molar-refractivity contribution is -0.114. The SMILES string of the molecule is CN(C)CCOC1=CC(c2ccnc(N)c2)=CC2SC(C(=O)NCc3ccccc3)=NC12. The van der Waals surface area contributed by atoms with Crippen molar-refractivity contribution in [3.05, 3.63) is 77.7 Å². The molecule has 0 bridgehead atoms. The fraction of sp³-hybridized carbons (Fsp3) is 0.292. The molecule has 2 aromatic rings. The van der Waals surface area contributed by atoms with Crippen LogP contribution < -0.4 is 11.1 Å². The number of nitrogen functional groups attached to an aromatic ring is 1. The Morgan fingerprint density at radius 1 is 1.25 bits per heavy atom. The minimum absolute atomic E-state index is 0.0174. The highest BCUT2D eigenvalue weighted by Gasteiger charge is 2.38. The quantitative estimate of drug-likeness (QED) is 0.644. The van der Waals surface area contributed by atoms with Crippen LogP contribution in [0.5, 0.6) is 0 Å². The second-order valence-electron chi connectivity index (χ2n) is 7.92. The lowest BCUT2D eigenvalue weighted by Crippen LogP contribution is -2.28. The number of likely N-dealkylation sites (N-methyl/N-ethyl adjacent to an activating group) is 1. The van der Waals surface area contributed by atoms with Crippen LogP contribution >= 0.6 is 11.8 Å². The number of hydrogen-bond donors (Lipinski definition) is 2. The number of pyridine rings is 1. The number of benzene rings is 1. The summed E-state index contributed by atoms with van der Waals surface area (Å²) in [6.45, 7) is 1.80. The number of rotatable bonds is 8. The predicted octanol–water partition coefficient (Wildman–Crippen LogP) is 2.72. The number of aliphatic imine (C=N–C) groups is 1. The summed E-state index contributed by atoms with van der Waals surface area (Å²) in [4.78, 5) is 23.7. The highest BCUT2D eigenvalue weighted by atomic mass is 32.2. The zero-order valence-corrected chi connectivity index (χ0v) is 19.0. The fourth-order valence-corrected chi connectivity index (χ4v) is 4.63. The molecule has 3 N–H and O–H groups in total. The molecule has 0 radical (unpaired) electrons. The molecule has 1 aliphatic carbocycles. The summed E-state index contributed by atoms with van der Waals surface area (Å²) in [7, 11) is 4.01. The average molecular weight is 450 g/mol. The second-order valence-corrected chi connectivity index (χ2v) is 9.09. The minimum atomic E-state index is -0.220. The summed E-state index contributed by atoms with van der Waals surface area (Å²) in [6, 6.07) is 13.4. The maximum Gasteiger partial charge on any atom is 0.276 e. The first kappa shape index (κ1) is 22.1. The van der Waals surface area contributed by atoms with Gasteiger partial charge < -0.3 is 20.7 Å². The maximum absolute atomic E-state index is 12.8. The van der Waals surface area contributed by atoms with Crippen molar-refractivity contribution in [1.29, 1.82) is 0 Å². The number of allylic oxidation sites excluding steroid dienone is 2. The number of amides is 1. The summed E-state index contributed by atoms with van der Waals surface area (Å²) in [6.07, 6.45) is 5.82. The number of anilines is 1. The summed E-state index contributed by atoms with van der Waals surface area (Å²) in [5, 5.41) is 3.43. The minimum Gasteiger partial charge on any atom is -0.494 e. The first-order valence-corrected chi connectivity index (χ1v) is 11.4. The molecule has 1 amide bonds. The van der Waals surface area contributed by atoms with E-state index in [-0.39, 0.29) is 17.2 Å². The van der Waals surface area contributed by atoms with Gasteiger partial charge in [-0.2, -0.15) is 0 Å². The third-order valence-electron chi connectivity index (χ3n) is 5.16. The van der Waals surface area contributed by atoms with Crippen LogP contribution in [0.2, 0.25) is 0 Å². The Bertz CT molecular complexity index is 1070. The Balaban J connectivity index is 1.52. The Hall–Kier alpha value is -3.10. The van der Waals surface area contributed by atoms with E-state index in [2.05, 4.69) is 21.3 Å². The van der Waals surface area contributed by atoms with Crippen molar-refractivity contribution in [2.24, 2.45) is 4.99 Å². The molecule has 2 aliphatic rings. The van der Waals surface area contributed by atoms with E-state index in [9.17, 15) is 4.79 Å². The van der Waals surface area contributed by atoms with Crippen molar-refractivity contribution in [2.75, 3.05) is 33.0 Å². The number of carbonyl (C=O) groups excluding carboxylic acids is 1. The number of thioether (sulfide) groups is 1. The number of hydrogen-bond acceptors (Lipinski definition) is 7. The van der Waals surface area contributed by atoms with Gasteiger partial charge in [0, 0.05) is 19.3 Å². The number of carbonyl (C=O) groups is 1. The van der Waals surface area contributed by atoms with Crippen LogP contribution in [0.1, 0.15) is 11.1 Å². The molecular weight excluding hydrogens is 422 g/mol. The molecule has 0 saturated heterocycles. The lowest BCUT2D eigenvalue weighted by Gasteiger charge is -2.24. The van der Waals surface area contributed by atoms with E-state index in [1.165, 1.54) is 11.8 Å². The van der Waals surface area contributed by atoms with Gasteiger partial charge in [-0.25, -0.2) is 4.98 Å². The van der Waals surface area contributed by atoms with Crippen LogP contribution in [0.4, 0.5) is 5.82 Å². The van der Waals surface area contributed by atoms with E-state index in [1.54, 1.807) is 6.20 Å². The van der Waals surface area contributed by atoms with Crippen LogP contribution in [0.25, 0.3) is 5.57 Å². The number of ether oxygens (including phenoxy) is 1. The van der Waals surface area contributed by atoms with Crippen molar-refractivity contribution in [1.82, 2.24) is 15.2 Å². The Labute approximate surface area is 192 Å². The molecular formula is C24H27N5O2S. The van der Waals surface area contributed by atoms with E-state index in [1.807, 2.05) is 62.6 Å². The van der Waals surface area contributed by atoms with E-state index in [4.69, 9.17) is 15.5 Å². The summed E-state index contributed by atoms with van der Waals surface area (Å²) in [5.74, 6) is 1.07. The second kappa shape index (κ2) is 10.0. The van der Waals surface area contributed by atoms with E-state index >= 15 is 0 Å². The highest BCUT2D eigenvalue weighted by Crippen LogP contribution is 2.39. The summed E-state index contributed by atoms with van der Waals surface area (Å²) in [5.41, 5.74) is 8.89. The molecule has 166 valence electrons.